The van der Waals surface area contributed by atoms with E-state index in [1.165, 1.54) is 23.1 Å². The number of aliphatic carboxylic acids is 1. The van der Waals surface area contributed by atoms with Crippen LogP contribution < -0.4 is 10.6 Å². The highest BCUT2D eigenvalue weighted by Gasteiger charge is 2.39. The van der Waals surface area contributed by atoms with Gasteiger partial charge in [0.1, 0.15) is 6.04 Å². The molecule has 1 aliphatic rings. The number of thioether (sulfide) groups is 1. The number of ketones is 1. The predicted molar refractivity (Wildman–Crippen MR) is 138 cm³/mol. The number of rotatable bonds is 10. The summed E-state index contributed by atoms with van der Waals surface area (Å²) in [6.07, 6.45) is -8.34. The number of carboxylic acid groups (broad SMARTS) is 1. The third kappa shape index (κ3) is 12.1. The normalized spacial score (nSPS) is 15.5. The number of nitrogens with two attached hydrogens (primary N) is 1. The van der Waals surface area contributed by atoms with E-state index in [1.807, 2.05) is 7.05 Å². The minimum absolute atomic E-state index is 0.116. The van der Waals surface area contributed by atoms with Crippen LogP contribution >= 0.6 is 35.0 Å². The van der Waals surface area contributed by atoms with E-state index in [9.17, 15) is 40.7 Å². The molecule has 1 aromatic rings. The van der Waals surface area contributed by atoms with Crippen molar-refractivity contribution in [2.24, 2.45) is 11.7 Å². The molecule has 0 bridgehead atoms. The maximum Gasteiger partial charge on any atom is 0.490 e. The second-order valence-corrected chi connectivity index (χ2v) is 10.7. The minimum Gasteiger partial charge on any atom is -0.475 e. The molecule has 1 fully saturated rings. The Bertz CT molecular complexity index is 1030. The molecule has 1 saturated heterocycles. The third-order valence-electron chi connectivity index (χ3n) is 5.63. The first-order valence-electron chi connectivity index (χ1n) is 11.6. The van der Waals surface area contributed by atoms with Gasteiger partial charge in [-0.25, -0.2) is 4.79 Å². The van der Waals surface area contributed by atoms with E-state index in [4.69, 9.17) is 38.8 Å². The number of hydrogen-bond donors (Lipinski definition) is 2. The second-order valence-electron chi connectivity index (χ2n) is 8.75. The van der Waals surface area contributed by atoms with Gasteiger partial charge in [0.05, 0.1) is 5.75 Å². The van der Waals surface area contributed by atoms with E-state index in [2.05, 4.69) is 4.90 Å². The van der Waals surface area contributed by atoms with Crippen molar-refractivity contribution >= 4 is 64.2 Å². The van der Waals surface area contributed by atoms with Crippen LogP contribution in [0.2, 0.25) is 10.0 Å². The number of carbonyl (C=O) groups is 4. The molecular weight excluding hydrogens is 615 g/mol. The summed E-state index contributed by atoms with van der Waals surface area (Å²) in [6, 6.07) is 3.50. The van der Waals surface area contributed by atoms with Gasteiger partial charge in [0.15, 0.2) is 0 Å². The number of primary amides is 1. The van der Waals surface area contributed by atoms with Crippen LogP contribution in [0.1, 0.15) is 25.7 Å². The summed E-state index contributed by atoms with van der Waals surface area (Å²) in [4.78, 5) is 49.2. The number of benzene rings is 1. The monoisotopic (exact) mass is 641 g/mol. The molecule has 1 aromatic carbocycles. The Labute approximate surface area is 240 Å². The summed E-state index contributed by atoms with van der Waals surface area (Å²) < 4.78 is 68.8. The molecule has 40 heavy (non-hydrogen) atoms. The van der Waals surface area contributed by atoms with E-state index in [0.717, 1.165) is 24.9 Å². The van der Waals surface area contributed by atoms with Crippen molar-refractivity contribution in [3.63, 3.8) is 0 Å². The fourth-order valence-corrected chi connectivity index (χ4v) is 4.99. The van der Waals surface area contributed by atoms with Gasteiger partial charge in [0.25, 0.3) is 0 Å². The maximum atomic E-state index is 13.5. The van der Waals surface area contributed by atoms with Crippen molar-refractivity contribution < 1.29 is 50.6 Å². The number of alkyl halides is 6. The molecule has 226 valence electrons. The Morgan fingerprint density at radius 3 is 1.98 bits per heavy atom. The molecule has 0 aromatic heterocycles. The molecule has 0 saturated carbocycles. The van der Waals surface area contributed by atoms with Gasteiger partial charge in [0.2, 0.25) is 17.6 Å². The second kappa shape index (κ2) is 15.7. The van der Waals surface area contributed by atoms with E-state index in [-0.39, 0.29) is 40.5 Å². The number of nitrogens with zero attached hydrogens (tertiary/aromatic N) is 2. The van der Waals surface area contributed by atoms with Crippen molar-refractivity contribution in [2.45, 2.75) is 44.1 Å². The standard InChI is InChI=1S/C21H26Cl2F3N3O3S.C2HF3O2/c1-28-6-4-13(5-7-28)20(32)29(16-10-14(22)9-15(23)11-16)17(19(27)31)3-2-8-33-12-18(30)21(24,25)26;3-2(4,5)1(6)7/h9-11,13,17H,2-8,12H2,1H3,(H2,27,31);(H,6,7)/t17-;/m0./s1. The van der Waals surface area contributed by atoms with Crippen molar-refractivity contribution in [2.75, 3.05) is 36.5 Å². The van der Waals surface area contributed by atoms with Gasteiger partial charge in [0, 0.05) is 21.7 Å². The fourth-order valence-electron chi connectivity index (χ4n) is 3.62. The van der Waals surface area contributed by atoms with Crippen molar-refractivity contribution in [3.8, 4) is 0 Å². The summed E-state index contributed by atoms with van der Waals surface area (Å²) in [5.74, 6) is -6.42. The van der Waals surface area contributed by atoms with Gasteiger partial charge in [-0.3, -0.25) is 19.3 Å². The lowest BCUT2D eigenvalue weighted by Gasteiger charge is -2.36. The minimum atomic E-state index is -5.08. The van der Waals surface area contributed by atoms with Gasteiger partial charge < -0.3 is 15.7 Å². The summed E-state index contributed by atoms with van der Waals surface area (Å²) in [6.45, 7) is 1.46. The van der Waals surface area contributed by atoms with E-state index >= 15 is 0 Å². The van der Waals surface area contributed by atoms with Gasteiger partial charge in [-0.2, -0.15) is 38.1 Å². The highest BCUT2D eigenvalue weighted by Crippen LogP contribution is 2.31. The zero-order valence-electron chi connectivity index (χ0n) is 21.0. The molecular formula is C23H27Cl2F6N3O5S. The lowest BCUT2D eigenvalue weighted by molar-refractivity contribution is -0.192. The molecule has 0 radical (unpaired) electrons. The SMILES string of the molecule is CN1CCC(C(=O)N(c2cc(Cl)cc(Cl)c2)[C@@H](CCCSCC(=O)C(F)(F)F)C(N)=O)CC1.O=C(O)C(F)(F)F. The van der Waals surface area contributed by atoms with Crippen LogP contribution in [-0.4, -0.2) is 83.6 Å². The van der Waals surface area contributed by atoms with Crippen LogP contribution in [0.15, 0.2) is 18.2 Å². The number of hydrogen-bond acceptors (Lipinski definition) is 6. The highest BCUT2D eigenvalue weighted by atomic mass is 35.5. The molecule has 0 aliphatic carbocycles. The third-order valence-corrected chi connectivity index (χ3v) is 7.11. The molecule has 3 N–H and O–H groups in total. The van der Waals surface area contributed by atoms with Crippen LogP contribution in [0, 0.1) is 5.92 Å². The average molecular weight is 642 g/mol. The molecule has 17 heteroatoms. The number of carbonyl (C=O) groups excluding carboxylic acids is 3. The first kappa shape index (κ1) is 35.8. The zero-order valence-corrected chi connectivity index (χ0v) is 23.4. The lowest BCUT2D eigenvalue weighted by atomic mass is 9.94. The molecule has 2 rings (SSSR count). The van der Waals surface area contributed by atoms with E-state index < -0.39 is 41.8 Å². The Hall–Kier alpha value is -2.23. The van der Waals surface area contributed by atoms with Crippen molar-refractivity contribution in [3.05, 3.63) is 28.2 Å². The van der Waals surface area contributed by atoms with Crippen LogP contribution in [0.5, 0.6) is 0 Å². The molecule has 0 spiro atoms. The lowest BCUT2D eigenvalue weighted by Crippen LogP contribution is -2.51. The van der Waals surface area contributed by atoms with Crippen molar-refractivity contribution in [1.29, 1.82) is 0 Å². The Morgan fingerprint density at radius 2 is 1.55 bits per heavy atom. The van der Waals surface area contributed by atoms with Gasteiger partial charge in [-0.05, 0) is 69.8 Å². The Balaban J connectivity index is 0.00000101. The largest absolute Gasteiger partial charge is 0.490 e. The van der Waals surface area contributed by atoms with Gasteiger partial charge >= 0.3 is 18.3 Å². The average Bonchev–Trinajstić information content (AvgIpc) is 2.81. The first-order valence-corrected chi connectivity index (χ1v) is 13.5. The summed E-state index contributed by atoms with van der Waals surface area (Å²) in [5, 5.41) is 7.69. The Morgan fingerprint density at radius 1 is 1.05 bits per heavy atom. The maximum absolute atomic E-state index is 13.5. The number of Topliss-reactive ketones (excluding diaryl/α,β-unsaturated/α-hetero) is 1. The first-order chi connectivity index (χ1) is 18.3. The highest BCUT2D eigenvalue weighted by molar-refractivity contribution is 7.99. The molecule has 1 aliphatic heterocycles. The summed E-state index contributed by atoms with van der Waals surface area (Å²) in [5.41, 5.74) is 5.98. The number of carboxylic acids is 1. The number of amides is 2. The van der Waals surface area contributed by atoms with E-state index in [1.54, 1.807) is 0 Å². The molecule has 1 atom stereocenters. The molecule has 0 unspecified atom stereocenters. The van der Waals surface area contributed by atoms with Crippen LogP contribution in [0.25, 0.3) is 0 Å². The number of halogens is 8. The number of piperidine rings is 1. The van der Waals surface area contributed by atoms with Crippen molar-refractivity contribution in [1.82, 2.24) is 4.90 Å². The fraction of sp³-hybridized carbons (Fsp3) is 0.565. The molecule has 8 nitrogen and oxygen atoms in total. The van der Waals surface area contributed by atoms with Gasteiger partial charge in [-0.1, -0.05) is 23.2 Å². The molecule has 2 amide bonds. The van der Waals surface area contributed by atoms with Crippen LogP contribution in [0.3, 0.4) is 0 Å². The number of anilines is 1. The quantitative estimate of drug-likeness (QED) is 0.278. The van der Waals surface area contributed by atoms with E-state index in [0.29, 0.717) is 18.5 Å². The molecule has 1 heterocycles. The smallest absolute Gasteiger partial charge is 0.475 e. The van der Waals surface area contributed by atoms with Gasteiger partial charge in [-0.15, -0.1) is 0 Å². The zero-order chi connectivity index (χ0) is 30.8. The van der Waals surface area contributed by atoms with Crippen LogP contribution in [0.4, 0.5) is 32.0 Å². The summed E-state index contributed by atoms with van der Waals surface area (Å²) >= 11 is 13.1. The summed E-state index contributed by atoms with van der Waals surface area (Å²) in [7, 11) is 1.96. The van der Waals surface area contributed by atoms with Crippen LogP contribution in [-0.2, 0) is 19.2 Å². The Kier molecular flexibility index (Phi) is 14.0. The topological polar surface area (TPSA) is 121 Å². The number of likely N-dealkylation sites (tertiary alicyclic amines) is 1. The predicted octanol–water partition coefficient (Wildman–Crippen LogP) is 4.80.